The highest BCUT2D eigenvalue weighted by Gasteiger charge is 2.19. The molecule has 1 saturated heterocycles. The first-order valence-corrected chi connectivity index (χ1v) is 8.96. The number of halogens is 1. The maximum Gasteiger partial charge on any atom is 0.234 e. The molecule has 2 heterocycles. The lowest BCUT2D eigenvalue weighted by molar-refractivity contribution is -0.122. The predicted molar refractivity (Wildman–Crippen MR) is 96.1 cm³/mol. The van der Waals surface area contributed by atoms with Gasteiger partial charge in [-0.15, -0.1) is 0 Å². The van der Waals surface area contributed by atoms with E-state index in [4.69, 9.17) is 4.52 Å². The lowest BCUT2D eigenvalue weighted by atomic mass is 10.1. The van der Waals surface area contributed by atoms with E-state index in [0.717, 1.165) is 49.7 Å². The van der Waals surface area contributed by atoms with Gasteiger partial charge in [-0.1, -0.05) is 17.3 Å². The van der Waals surface area contributed by atoms with Gasteiger partial charge in [-0.25, -0.2) is 4.39 Å². The molecule has 7 heteroatoms. The number of piperazine rings is 1. The summed E-state index contributed by atoms with van der Waals surface area (Å²) in [6.07, 6.45) is 0.705. The van der Waals surface area contributed by atoms with Crippen LogP contribution >= 0.6 is 0 Å². The zero-order valence-electron chi connectivity index (χ0n) is 15.1. The van der Waals surface area contributed by atoms with Crippen molar-refractivity contribution in [3.63, 3.8) is 0 Å². The van der Waals surface area contributed by atoms with Crippen LogP contribution in [0.15, 0.2) is 34.9 Å². The Morgan fingerprint density at radius 3 is 2.54 bits per heavy atom. The van der Waals surface area contributed by atoms with Crippen LogP contribution in [0.5, 0.6) is 0 Å². The minimum Gasteiger partial charge on any atom is -0.360 e. The van der Waals surface area contributed by atoms with Crippen LogP contribution in [0.25, 0.3) is 0 Å². The van der Waals surface area contributed by atoms with Crippen molar-refractivity contribution in [3.05, 3.63) is 53.2 Å². The number of carbonyl (C=O) groups is 1. The molecular weight excluding hydrogens is 335 g/mol. The van der Waals surface area contributed by atoms with Gasteiger partial charge in [-0.05, 0) is 31.0 Å². The number of rotatable bonds is 7. The molecule has 0 spiro atoms. The molecular formula is C19H25FN4O2. The van der Waals surface area contributed by atoms with Crippen LogP contribution in [0, 0.1) is 12.7 Å². The highest BCUT2D eigenvalue weighted by atomic mass is 19.1. The Bertz CT molecular complexity index is 709. The number of carbonyl (C=O) groups excluding carboxylic acids is 1. The van der Waals surface area contributed by atoms with Crippen molar-refractivity contribution in [3.8, 4) is 0 Å². The van der Waals surface area contributed by atoms with Gasteiger partial charge < -0.3 is 9.84 Å². The molecule has 0 unspecified atom stereocenters. The molecule has 1 amide bonds. The van der Waals surface area contributed by atoms with Gasteiger partial charge in [0.1, 0.15) is 5.82 Å². The minimum absolute atomic E-state index is 0.0337. The lowest BCUT2D eigenvalue weighted by Gasteiger charge is -2.33. The highest BCUT2D eigenvalue weighted by molar-refractivity contribution is 5.78. The first-order valence-electron chi connectivity index (χ1n) is 8.96. The van der Waals surface area contributed by atoms with Gasteiger partial charge in [0.25, 0.3) is 0 Å². The Morgan fingerprint density at radius 1 is 1.19 bits per heavy atom. The van der Waals surface area contributed by atoms with Crippen LogP contribution in [0.3, 0.4) is 0 Å². The van der Waals surface area contributed by atoms with Gasteiger partial charge in [-0.3, -0.25) is 14.6 Å². The van der Waals surface area contributed by atoms with Crippen molar-refractivity contribution in [2.24, 2.45) is 0 Å². The topological polar surface area (TPSA) is 61.6 Å². The summed E-state index contributed by atoms with van der Waals surface area (Å²) >= 11 is 0. The quantitative estimate of drug-likeness (QED) is 0.813. The fraction of sp³-hybridized carbons (Fsp3) is 0.474. The van der Waals surface area contributed by atoms with E-state index < -0.39 is 0 Å². The average Bonchev–Trinajstić information content (AvgIpc) is 3.03. The maximum atomic E-state index is 12.9. The zero-order valence-corrected chi connectivity index (χ0v) is 15.1. The first kappa shape index (κ1) is 18.5. The van der Waals surface area contributed by atoms with E-state index in [0.29, 0.717) is 19.5 Å². The molecule has 2 aromatic rings. The van der Waals surface area contributed by atoms with E-state index in [-0.39, 0.29) is 11.7 Å². The van der Waals surface area contributed by atoms with Gasteiger partial charge in [0.15, 0.2) is 5.76 Å². The second-order valence-electron chi connectivity index (χ2n) is 6.71. The lowest BCUT2D eigenvalue weighted by Crippen LogP contribution is -2.49. The summed E-state index contributed by atoms with van der Waals surface area (Å²) in [5, 5.41) is 6.84. The fourth-order valence-electron chi connectivity index (χ4n) is 3.07. The molecule has 1 aliphatic heterocycles. The van der Waals surface area contributed by atoms with Gasteiger partial charge in [0.2, 0.25) is 5.91 Å². The maximum absolute atomic E-state index is 12.9. The Labute approximate surface area is 152 Å². The summed E-state index contributed by atoms with van der Waals surface area (Å²) in [5.74, 6) is 0.677. The summed E-state index contributed by atoms with van der Waals surface area (Å²) in [7, 11) is 0. The smallest absolute Gasteiger partial charge is 0.234 e. The number of benzene rings is 1. The van der Waals surface area contributed by atoms with E-state index in [1.165, 1.54) is 12.1 Å². The van der Waals surface area contributed by atoms with Gasteiger partial charge in [0.05, 0.1) is 18.8 Å². The largest absolute Gasteiger partial charge is 0.360 e. The Kier molecular flexibility index (Phi) is 6.35. The van der Waals surface area contributed by atoms with Crippen molar-refractivity contribution in [1.82, 2.24) is 20.3 Å². The number of aromatic nitrogens is 1. The number of nitrogens with zero attached hydrogens (tertiary/aromatic N) is 3. The van der Waals surface area contributed by atoms with E-state index in [1.54, 1.807) is 12.1 Å². The Morgan fingerprint density at radius 2 is 1.88 bits per heavy atom. The van der Waals surface area contributed by atoms with Gasteiger partial charge in [0, 0.05) is 38.8 Å². The molecule has 1 aromatic heterocycles. The van der Waals surface area contributed by atoms with E-state index in [9.17, 15) is 9.18 Å². The molecule has 140 valence electrons. The van der Waals surface area contributed by atoms with E-state index >= 15 is 0 Å². The SMILES string of the molecule is Cc1cc(CN2CCN(CC(=O)NCCc3ccc(F)cc3)CC2)on1. The molecule has 26 heavy (non-hydrogen) atoms. The standard InChI is InChI=1S/C19H25FN4O2/c1-15-12-18(26-22-15)13-23-8-10-24(11-9-23)14-19(25)21-7-6-16-2-4-17(20)5-3-16/h2-5,12H,6-11,13-14H2,1H3,(H,21,25). The van der Waals surface area contributed by atoms with Crippen molar-refractivity contribution in [1.29, 1.82) is 0 Å². The van der Waals surface area contributed by atoms with Crippen molar-refractivity contribution in [2.75, 3.05) is 39.3 Å². The number of hydrogen-bond donors (Lipinski definition) is 1. The van der Waals surface area contributed by atoms with Crippen LogP contribution in [-0.4, -0.2) is 60.1 Å². The number of hydrogen-bond acceptors (Lipinski definition) is 5. The third-order valence-corrected chi connectivity index (χ3v) is 4.54. The highest BCUT2D eigenvalue weighted by Crippen LogP contribution is 2.09. The second-order valence-corrected chi connectivity index (χ2v) is 6.71. The summed E-state index contributed by atoms with van der Waals surface area (Å²) < 4.78 is 18.1. The number of nitrogens with one attached hydrogen (secondary N) is 1. The number of amides is 1. The van der Waals surface area contributed by atoms with Crippen LogP contribution in [0.1, 0.15) is 17.0 Å². The molecule has 0 atom stereocenters. The zero-order chi connectivity index (χ0) is 18.4. The summed E-state index contributed by atoms with van der Waals surface area (Å²) in [6.45, 7) is 7.19. The third-order valence-electron chi connectivity index (χ3n) is 4.54. The number of aryl methyl sites for hydroxylation is 1. The monoisotopic (exact) mass is 360 g/mol. The fourth-order valence-corrected chi connectivity index (χ4v) is 3.07. The molecule has 1 aromatic carbocycles. The second kappa shape index (κ2) is 8.91. The van der Waals surface area contributed by atoms with Crippen LogP contribution in [-0.2, 0) is 17.8 Å². The van der Waals surface area contributed by atoms with E-state index in [1.807, 2.05) is 13.0 Å². The van der Waals surface area contributed by atoms with Crippen molar-refractivity contribution >= 4 is 5.91 Å². The molecule has 3 rings (SSSR count). The van der Waals surface area contributed by atoms with Crippen LogP contribution in [0.2, 0.25) is 0 Å². The molecule has 0 radical (unpaired) electrons. The van der Waals surface area contributed by atoms with Gasteiger partial charge >= 0.3 is 0 Å². The third kappa shape index (κ3) is 5.64. The molecule has 1 fully saturated rings. The van der Waals surface area contributed by atoms with E-state index in [2.05, 4.69) is 20.3 Å². The normalized spacial score (nSPS) is 15.9. The average molecular weight is 360 g/mol. The molecule has 1 aliphatic rings. The molecule has 0 bridgehead atoms. The van der Waals surface area contributed by atoms with Crippen LogP contribution in [0.4, 0.5) is 4.39 Å². The summed E-state index contributed by atoms with van der Waals surface area (Å²) in [6, 6.07) is 8.34. The molecule has 6 nitrogen and oxygen atoms in total. The van der Waals surface area contributed by atoms with Crippen LogP contribution < -0.4 is 5.32 Å². The summed E-state index contributed by atoms with van der Waals surface area (Å²) in [5.41, 5.74) is 1.92. The minimum atomic E-state index is -0.240. The molecule has 0 aliphatic carbocycles. The Hall–Kier alpha value is -2.25. The molecule has 1 N–H and O–H groups in total. The van der Waals surface area contributed by atoms with Crippen molar-refractivity contribution < 1.29 is 13.7 Å². The Balaban J connectivity index is 1.32. The molecule has 0 saturated carbocycles. The van der Waals surface area contributed by atoms with Crippen molar-refractivity contribution in [2.45, 2.75) is 19.9 Å². The van der Waals surface area contributed by atoms with Gasteiger partial charge in [-0.2, -0.15) is 0 Å². The summed E-state index contributed by atoms with van der Waals surface area (Å²) in [4.78, 5) is 16.6. The first-order chi connectivity index (χ1) is 12.6. The predicted octanol–water partition coefficient (Wildman–Crippen LogP) is 1.60.